The molecule has 0 radical (unpaired) electrons. The van der Waals surface area contributed by atoms with Crippen LogP contribution in [0.4, 0.5) is 0 Å². The van der Waals surface area contributed by atoms with Crippen LogP contribution >= 0.6 is 0 Å². The van der Waals surface area contributed by atoms with Gasteiger partial charge in [-0.15, -0.1) is 0 Å². The molecular formula is C23H28N4O2. The summed E-state index contributed by atoms with van der Waals surface area (Å²) in [4.78, 5) is 18.2. The van der Waals surface area contributed by atoms with Crippen molar-refractivity contribution in [3.63, 3.8) is 0 Å². The second kappa shape index (κ2) is 7.67. The first-order valence-electron chi connectivity index (χ1n) is 10.6. The first-order valence-corrected chi connectivity index (χ1v) is 10.6. The lowest BCUT2D eigenvalue weighted by atomic mass is 10.1. The summed E-state index contributed by atoms with van der Waals surface area (Å²) >= 11 is 0. The van der Waals surface area contributed by atoms with Gasteiger partial charge in [0.25, 0.3) is 5.56 Å². The Morgan fingerprint density at radius 3 is 2.72 bits per heavy atom. The normalized spacial score (nSPS) is 18.4. The molecule has 0 N–H and O–H groups in total. The van der Waals surface area contributed by atoms with E-state index in [0.717, 1.165) is 56.4 Å². The molecule has 1 saturated carbocycles. The Bertz CT molecular complexity index is 1060. The van der Waals surface area contributed by atoms with E-state index in [9.17, 15) is 4.79 Å². The minimum absolute atomic E-state index is 0.0685. The molecule has 6 nitrogen and oxygen atoms in total. The SMILES string of the molecule is Cn1cc(CN2CCC(Oc3cccc4c3ccn4CC3CC3)CC2)ncc1=O. The molecule has 152 valence electrons. The lowest BCUT2D eigenvalue weighted by molar-refractivity contribution is 0.0971. The van der Waals surface area contributed by atoms with Gasteiger partial charge in [-0.25, -0.2) is 0 Å². The Balaban J connectivity index is 1.21. The largest absolute Gasteiger partial charge is 0.490 e. The van der Waals surface area contributed by atoms with Crippen LogP contribution < -0.4 is 10.3 Å². The topological polar surface area (TPSA) is 52.3 Å². The first-order chi connectivity index (χ1) is 14.2. The highest BCUT2D eigenvalue weighted by Crippen LogP contribution is 2.34. The maximum absolute atomic E-state index is 11.5. The van der Waals surface area contributed by atoms with E-state index in [0.29, 0.717) is 0 Å². The Morgan fingerprint density at radius 2 is 1.97 bits per heavy atom. The molecule has 1 saturated heterocycles. The van der Waals surface area contributed by atoms with Gasteiger partial charge in [-0.05, 0) is 49.8 Å². The quantitative estimate of drug-likeness (QED) is 0.647. The number of hydrogen-bond acceptors (Lipinski definition) is 4. The van der Waals surface area contributed by atoms with Crippen LogP contribution in [0.2, 0.25) is 0 Å². The molecular weight excluding hydrogens is 364 g/mol. The molecule has 0 bridgehead atoms. The molecule has 6 heteroatoms. The number of ether oxygens (including phenoxy) is 1. The van der Waals surface area contributed by atoms with Crippen molar-refractivity contribution in [2.75, 3.05) is 13.1 Å². The highest BCUT2D eigenvalue weighted by Gasteiger charge is 2.24. The van der Waals surface area contributed by atoms with Crippen LogP contribution in [0, 0.1) is 5.92 Å². The van der Waals surface area contributed by atoms with Crippen molar-refractivity contribution in [2.24, 2.45) is 13.0 Å². The molecule has 0 spiro atoms. The summed E-state index contributed by atoms with van der Waals surface area (Å²) in [5.74, 6) is 1.87. The average molecular weight is 393 g/mol. The van der Waals surface area contributed by atoms with Crippen LogP contribution in [0.3, 0.4) is 0 Å². The van der Waals surface area contributed by atoms with Gasteiger partial charge in [0, 0.05) is 51.0 Å². The zero-order chi connectivity index (χ0) is 19.8. The van der Waals surface area contributed by atoms with E-state index in [1.54, 1.807) is 11.6 Å². The van der Waals surface area contributed by atoms with Crippen LogP contribution in [0.1, 0.15) is 31.4 Å². The highest BCUT2D eigenvalue weighted by molar-refractivity contribution is 5.86. The summed E-state index contributed by atoms with van der Waals surface area (Å²) < 4.78 is 10.4. The van der Waals surface area contributed by atoms with Gasteiger partial charge in [0.05, 0.1) is 17.4 Å². The smallest absolute Gasteiger partial charge is 0.268 e. The first kappa shape index (κ1) is 18.4. The van der Waals surface area contributed by atoms with Crippen molar-refractivity contribution in [3.05, 3.63) is 58.9 Å². The fourth-order valence-electron chi connectivity index (χ4n) is 4.26. The third-order valence-corrected chi connectivity index (χ3v) is 6.17. The average Bonchev–Trinajstić information content (AvgIpc) is 3.45. The summed E-state index contributed by atoms with van der Waals surface area (Å²) in [6, 6.07) is 8.62. The molecule has 0 amide bonds. The van der Waals surface area contributed by atoms with Crippen molar-refractivity contribution in [1.82, 2.24) is 19.0 Å². The molecule has 1 aliphatic heterocycles. The third kappa shape index (κ3) is 4.08. The maximum atomic E-state index is 11.5. The molecule has 0 atom stereocenters. The van der Waals surface area contributed by atoms with Crippen LogP contribution in [-0.2, 0) is 20.1 Å². The lowest BCUT2D eigenvalue weighted by Crippen LogP contribution is -2.38. The fraction of sp³-hybridized carbons (Fsp3) is 0.478. The van der Waals surface area contributed by atoms with Gasteiger partial charge in [0.15, 0.2) is 0 Å². The van der Waals surface area contributed by atoms with Gasteiger partial charge < -0.3 is 13.9 Å². The number of hydrogen-bond donors (Lipinski definition) is 0. The number of rotatable bonds is 6. The summed E-state index contributed by atoms with van der Waals surface area (Å²) in [6.07, 6.45) is 10.4. The molecule has 2 aliphatic rings. The lowest BCUT2D eigenvalue weighted by Gasteiger charge is -2.32. The van der Waals surface area contributed by atoms with Gasteiger partial charge in [-0.1, -0.05) is 6.07 Å². The van der Waals surface area contributed by atoms with Gasteiger partial charge in [0.1, 0.15) is 11.9 Å². The molecule has 1 aliphatic carbocycles. The number of aromatic nitrogens is 3. The zero-order valence-electron chi connectivity index (χ0n) is 17.0. The van der Waals surface area contributed by atoms with Gasteiger partial charge in [-0.3, -0.25) is 14.7 Å². The maximum Gasteiger partial charge on any atom is 0.268 e. The standard InChI is InChI=1S/C23H28N4O2/c1-25-15-18(24-13-23(25)28)16-26-10-7-19(8-11-26)29-22-4-2-3-21-20(22)9-12-27(21)14-17-5-6-17/h2-4,9,12-13,15,17,19H,5-8,10-11,14,16H2,1H3. The summed E-state index contributed by atoms with van der Waals surface area (Å²) in [7, 11) is 1.77. The van der Waals surface area contributed by atoms with E-state index in [2.05, 4.69) is 44.9 Å². The molecule has 3 heterocycles. The van der Waals surface area contributed by atoms with E-state index in [1.807, 2.05) is 6.20 Å². The molecule has 5 rings (SSSR count). The fourth-order valence-corrected chi connectivity index (χ4v) is 4.26. The Morgan fingerprint density at radius 1 is 1.14 bits per heavy atom. The monoisotopic (exact) mass is 392 g/mol. The highest BCUT2D eigenvalue weighted by atomic mass is 16.5. The zero-order valence-corrected chi connectivity index (χ0v) is 17.0. The van der Waals surface area contributed by atoms with Gasteiger partial charge >= 0.3 is 0 Å². The number of piperidine rings is 1. The Hall–Kier alpha value is -2.60. The number of benzene rings is 1. The van der Waals surface area contributed by atoms with Gasteiger partial charge in [0.2, 0.25) is 0 Å². The number of aryl methyl sites for hydroxylation is 1. The Kier molecular flexibility index (Phi) is 4.87. The Labute approximate surface area is 170 Å². The molecule has 29 heavy (non-hydrogen) atoms. The van der Waals surface area contributed by atoms with E-state index < -0.39 is 0 Å². The van der Waals surface area contributed by atoms with Gasteiger partial charge in [-0.2, -0.15) is 0 Å². The summed E-state index contributed by atoms with van der Waals surface area (Å²) in [6.45, 7) is 3.87. The number of nitrogens with zero attached hydrogens (tertiary/aromatic N) is 4. The van der Waals surface area contributed by atoms with Crippen molar-refractivity contribution < 1.29 is 4.74 Å². The van der Waals surface area contributed by atoms with E-state index >= 15 is 0 Å². The number of likely N-dealkylation sites (tertiary alicyclic amines) is 1. The van der Waals surface area contributed by atoms with E-state index in [4.69, 9.17) is 4.74 Å². The summed E-state index contributed by atoms with van der Waals surface area (Å²) in [5.41, 5.74) is 2.15. The minimum Gasteiger partial charge on any atom is -0.490 e. The van der Waals surface area contributed by atoms with Crippen LogP contribution in [0.25, 0.3) is 10.9 Å². The second-order valence-electron chi connectivity index (χ2n) is 8.52. The third-order valence-electron chi connectivity index (χ3n) is 6.17. The van der Waals surface area contributed by atoms with Crippen molar-refractivity contribution >= 4 is 10.9 Å². The van der Waals surface area contributed by atoms with Crippen LogP contribution in [0.15, 0.2) is 47.7 Å². The van der Waals surface area contributed by atoms with Crippen molar-refractivity contribution in [2.45, 2.75) is 44.9 Å². The predicted molar refractivity (Wildman–Crippen MR) is 113 cm³/mol. The molecule has 0 unspecified atom stereocenters. The summed E-state index contributed by atoms with van der Waals surface area (Å²) in [5, 5.41) is 1.23. The second-order valence-corrected chi connectivity index (χ2v) is 8.52. The van der Waals surface area contributed by atoms with E-state index in [1.165, 1.54) is 29.9 Å². The van der Waals surface area contributed by atoms with Crippen LogP contribution in [-0.4, -0.2) is 38.2 Å². The van der Waals surface area contributed by atoms with Crippen molar-refractivity contribution in [1.29, 1.82) is 0 Å². The molecule has 2 fully saturated rings. The molecule has 1 aromatic carbocycles. The minimum atomic E-state index is -0.0685. The molecule has 2 aromatic heterocycles. The molecule has 3 aromatic rings. The van der Waals surface area contributed by atoms with E-state index in [-0.39, 0.29) is 11.7 Å². The van der Waals surface area contributed by atoms with Crippen molar-refractivity contribution in [3.8, 4) is 5.75 Å². The van der Waals surface area contributed by atoms with Crippen LogP contribution in [0.5, 0.6) is 5.75 Å². The number of fused-ring (bicyclic) bond motifs is 1. The predicted octanol–water partition coefficient (Wildman–Crippen LogP) is 3.19.